The van der Waals surface area contributed by atoms with Gasteiger partial charge in [-0.1, -0.05) is 23.7 Å². The van der Waals surface area contributed by atoms with Crippen molar-refractivity contribution in [3.63, 3.8) is 0 Å². The van der Waals surface area contributed by atoms with Gasteiger partial charge in [-0.2, -0.15) is 13.2 Å². The topological polar surface area (TPSA) is 35.5 Å². The van der Waals surface area contributed by atoms with Crippen LogP contribution in [0.5, 0.6) is 0 Å². The highest BCUT2D eigenvalue weighted by Crippen LogP contribution is 2.43. The molecule has 0 amide bonds. The first kappa shape index (κ1) is 21.4. The monoisotopic (exact) mass is 394 g/mol. The van der Waals surface area contributed by atoms with Gasteiger partial charge in [0, 0.05) is 26.2 Å². The zero-order valence-electron chi connectivity index (χ0n) is 12.4. The molecule has 138 valence electrons. The summed E-state index contributed by atoms with van der Waals surface area (Å²) in [5, 5.41) is 11.2. The van der Waals surface area contributed by atoms with Crippen LogP contribution in [0.1, 0.15) is 17.2 Å². The third-order valence-corrected chi connectivity index (χ3v) is 4.18. The molecule has 0 radical (unpaired) electrons. The number of hydrogen-bond acceptors (Lipinski definition) is 3. The molecule has 2 rings (SSSR count). The van der Waals surface area contributed by atoms with Crippen LogP contribution in [0.25, 0.3) is 0 Å². The van der Waals surface area contributed by atoms with E-state index in [9.17, 15) is 22.0 Å². The minimum Gasteiger partial charge on any atom is -0.390 e. The van der Waals surface area contributed by atoms with E-state index in [4.69, 9.17) is 16.7 Å². The van der Waals surface area contributed by atoms with Gasteiger partial charge >= 0.3 is 6.18 Å². The van der Waals surface area contributed by atoms with Gasteiger partial charge in [-0.3, -0.25) is 4.90 Å². The van der Waals surface area contributed by atoms with Gasteiger partial charge in [-0.05, 0) is 11.6 Å². The fourth-order valence-electron chi connectivity index (χ4n) is 2.70. The normalized spacial score (nSPS) is 18.1. The van der Waals surface area contributed by atoms with Gasteiger partial charge < -0.3 is 10.4 Å². The second-order valence-electron chi connectivity index (χ2n) is 5.31. The zero-order chi connectivity index (χ0) is 17.3. The Labute approximate surface area is 147 Å². The van der Waals surface area contributed by atoms with E-state index in [1.165, 1.54) is 4.90 Å². The Hall–Kier alpha value is -0.670. The SMILES string of the molecule is Cl.OCC(F)(F)[C@H](c1cccc(C(F)(F)F)c1Cl)N1CCNCC1. The first-order valence-electron chi connectivity index (χ1n) is 6.97. The summed E-state index contributed by atoms with van der Waals surface area (Å²) in [5.41, 5.74) is -1.49. The van der Waals surface area contributed by atoms with E-state index in [1.54, 1.807) is 0 Å². The van der Waals surface area contributed by atoms with Crippen LogP contribution < -0.4 is 5.32 Å². The van der Waals surface area contributed by atoms with Gasteiger partial charge in [0.05, 0.1) is 10.6 Å². The van der Waals surface area contributed by atoms with E-state index >= 15 is 0 Å². The van der Waals surface area contributed by atoms with Crippen LogP contribution in [0.2, 0.25) is 5.02 Å². The van der Waals surface area contributed by atoms with Gasteiger partial charge in [-0.25, -0.2) is 8.78 Å². The van der Waals surface area contributed by atoms with Gasteiger partial charge in [0.2, 0.25) is 0 Å². The Bertz CT molecular complexity index is 550. The van der Waals surface area contributed by atoms with Crippen LogP contribution in [-0.4, -0.2) is 48.7 Å². The molecular formula is C14H17Cl2F5N2O. The molecule has 0 spiro atoms. The molecule has 0 aliphatic carbocycles. The summed E-state index contributed by atoms with van der Waals surface area (Å²) in [6, 6.07) is 1.22. The van der Waals surface area contributed by atoms with Crippen LogP contribution in [0.4, 0.5) is 22.0 Å². The lowest BCUT2D eigenvalue weighted by Crippen LogP contribution is -2.51. The first-order valence-corrected chi connectivity index (χ1v) is 7.35. The summed E-state index contributed by atoms with van der Waals surface area (Å²) < 4.78 is 67.4. The molecule has 1 fully saturated rings. The van der Waals surface area contributed by atoms with E-state index in [0.29, 0.717) is 13.1 Å². The molecule has 1 aliphatic heterocycles. The molecule has 24 heavy (non-hydrogen) atoms. The molecule has 0 bridgehead atoms. The van der Waals surface area contributed by atoms with Gasteiger partial charge in [-0.15, -0.1) is 12.4 Å². The molecule has 0 saturated carbocycles. The molecule has 0 aromatic heterocycles. The third kappa shape index (κ3) is 4.49. The molecule has 1 aliphatic rings. The van der Waals surface area contributed by atoms with Crippen molar-refractivity contribution < 1.29 is 27.1 Å². The number of hydrogen-bond donors (Lipinski definition) is 2. The van der Waals surface area contributed by atoms with Crippen molar-refractivity contribution in [3.8, 4) is 0 Å². The molecular weight excluding hydrogens is 378 g/mol. The van der Waals surface area contributed by atoms with E-state index < -0.39 is 35.3 Å². The molecule has 1 aromatic carbocycles. The van der Waals surface area contributed by atoms with E-state index in [0.717, 1.165) is 18.2 Å². The minimum absolute atomic E-state index is 0. The number of aliphatic hydroxyl groups excluding tert-OH is 1. The second kappa shape index (κ2) is 8.14. The van der Waals surface area contributed by atoms with E-state index in [1.807, 2.05) is 0 Å². The second-order valence-corrected chi connectivity index (χ2v) is 5.69. The molecule has 2 N–H and O–H groups in total. The fourth-order valence-corrected chi connectivity index (χ4v) is 3.03. The Morgan fingerprint density at radius 2 is 1.75 bits per heavy atom. The Balaban J connectivity index is 0.00000288. The van der Waals surface area contributed by atoms with Crippen LogP contribution in [0.15, 0.2) is 18.2 Å². The van der Waals surface area contributed by atoms with Crippen molar-refractivity contribution in [1.82, 2.24) is 10.2 Å². The summed E-state index contributed by atoms with van der Waals surface area (Å²) in [7, 11) is 0. The third-order valence-electron chi connectivity index (χ3n) is 3.76. The standard InChI is InChI=1S/C14H16ClF5N2O.ClH/c15-11-9(2-1-3-10(11)14(18,19)20)12(13(16,17)8-23)22-6-4-21-5-7-22;/h1-3,12,21,23H,4-8H2;1H/t12-;/m0./s1. The van der Waals surface area contributed by atoms with E-state index in [2.05, 4.69) is 5.32 Å². The summed E-state index contributed by atoms with van der Waals surface area (Å²) in [5.74, 6) is -3.62. The number of halogens is 7. The van der Waals surface area contributed by atoms with Gasteiger partial charge in [0.25, 0.3) is 5.92 Å². The van der Waals surface area contributed by atoms with E-state index in [-0.39, 0.29) is 31.1 Å². The van der Waals surface area contributed by atoms with Crippen molar-refractivity contribution >= 4 is 24.0 Å². The largest absolute Gasteiger partial charge is 0.417 e. The van der Waals surface area contributed by atoms with Crippen molar-refractivity contribution in [2.24, 2.45) is 0 Å². The molecule has 1 atom stereocenters. The highest BCUT2D eigenvalue weighted by Gasteiger charge is 2.46. The maximum Gasteiger partial charge on any atom is 0.417 e. The highest BCUT2D eigenvalue weighted by atomic mass is 35.5. The summed E-state index contributed by atoms with van der Waals surface area (Å²) in [6.07, 6.45) is -4.74. The molecule has 10 heteroatoms. The fraction of sp³-hybridized carbons (Fsp3) is 0.571. The van der Waals surface area contributed by atoms with Crippen LogP contribution in [0, 0.1) is 0 Å². The van der Waals surface area contributed by atoms with Crippen LogP contribution in [-0.2, 0) is 6.18 Å². The smallest absolute Gasteiger partial charge is 0.390 e. The summed E-state index contributed by atoms with van der Waals surface area (Å²) >= 11 is 5.79. The summed E-state index contributed by atoms with van der Waals surface area (Å²) in [4.78, 5) is 1.34. The maximum absolute atomic E-state index is 14.2. The predicted octanol–water partition coefficient (Wildman–Crippen LogP) is 3.35. The van der Waals surface area contributed by atoms with Crippen molar-refractivity contribution in [2.45, 2.75) is 18.1 Å². The molecule has 3 nitrogen and oxygen atoms in total. The number of benzene rings is 1. The maximum atomic E-state index is 14.2. The van der Waals surface area contributed by atoms with Crippen molar-refractivity contribution in [1.29, 1.82) is 0 Å². The average Bonchev–Trinajstić information content (AvgIpc) is 2.49. The lowest BCUT2D eigenvalue weighted by molar-refractivity contribution is -0.138. The van der Waals surface area contributed by atoms with Crippen LogP contribution >= 0.6 is 24.0 Å². The lowest BCUT2D eigenvalue weighted by Gasteiger charge is -2.39. The Morgan fingerprint density at radius 1 is 1.17 bits per heavy atom. The van der Waals surface area contributed by atoms with Crippen molar-refractivity contribution in [2.75, 3.05) is 32.8 Å². The summed E-state index contributed by atoms with van der Waals surface area (Å²) in [6.45, 7) is -0.197. The minimum atomic E-state index is -4.74. The lowest BCUT2D eigenvalue weighted by atomic mass is 9.96. The molecule has 1 heterocycles. The molecule has 1 aromatic rings. The highest BCUT2D eigenvalue weighted by molar-refractivity contribution is 6.32. The zero-order valence-corrected chi connectivity index (χ0v) is 14.0. The number of rotatable bonds is 4. The Kier molecular flexibility index (Phi) is 7.25. The van der Waals surface area contributed by atoms with Gasteiger partial charge in [0.1, 0.15) is 12.6 Å². The van der Waals surface area contributed by atoms with Crippen molar-refractivity contribution in [3.05, 3.63) is 34.3 Å². The average molecular weight is 395 g/mol. The van der Waals surface area contributed by atoms with Gasteiger partial charge in [0.15, 0.2) is 0 Å². The first-order chi connectivity index (χ1) is 10.7. The number of nitrogens with one attached hydrogen (secondary N) is 1. The number of piperazine rings is 1. The predicted molar refractivity (Wildman–Crippen MR) is 82.9 cm³/mol. The van der Waals surface area contributed by atoms with Crippen LogP contribution in [0.3, 0.4) is 0 Å². The quantitative estimate of drug-likeness (QED) is 0.768. The number of alkyl halides is 5. The molecule has 0 unspecified atom stereocenters. The number of aliphatic hydroxyl groups is 1. The Morgan fingerprint density at radius 3 is 2.25 bits per heavy atom. The number of nitrogens with zero attached hydrogens (tertiary/aromatic N) is 1. The molecule has 1 saturated heterocycles.